The number of hydrogen-bond acceptors (Lipinski definition) is 7. The average molecular weight is 459 g/mol. The minimum Gasteiger partial charge on any atom is -0.495 e. The fourth-order valence-electron chi connectivity index (χ4n) is 2.96. The van der Waals surface area contributed by atoms with Crippen molar-refractivity contribution in [3.05, 3.63) is 52.9 Å². The molecule has 0 saturated carbocycles. The Morgan fingerprint density at radius 1 is 1.06 bits per heavy atom. The lowest BCUT2D eigenvalue weighted by molar-refractivity contribution is -0.122. The fourth-order valence-corrected chi connectivity index (χ4v) is 4.27. The molecular formula is C22H22N2O5S2. The van der Waals surface area contributed by atoms with Gasteiger partial charge >= 0.3 is 0 Å². The number of amides is 2. The molecule has 7 nitrogen and oxygen atoms in total. The highest BCUT2D eigenvalue weighted by atomic mass is 32.2. The maximum Gasteiger partial charge on any atom is 0.266 e. The van der Waals surface area contributed by atoms with Crippen LogP contribution in [0.15, 0.2) is 47.4 Å². The van der Waals surface area contributed by atoms with E-state index in [1.807, 2.05) is 12.1 Å². The summed E-state index contributed by atoms with van der Waals surface area (Å²) in [6, 6.07) is 12.5. The molecule has 0 aromatic heterocycles. The second-order valence-corrected chi connectivity index (χ2v) is 8.12. The van der Waals surface area contributed by atoms with Crippen LogP contribution in [0.3, 0.4) is 0 Å². The van der Waals surface area contributed by atoms with Gasteiger partial charge in [0, 0.05) is 13.0 Å². The van der Waals surface area contributed by atoms with Crippen molar-refractivity contribution < 1.29 is 23.8 Å². The van der Waals surface area contributed by atoms with E-state index in [0.29, 0.717) is 32.2 Å². The third-order valence-electron chi connectivity index (χ3n) is 4.52. The summed E-state index contributed by atoms with van der Waals surface area (Å²) in [4.78, 5) is 27.1. The summed E-state index contributed by atoms with van der Waals surface area (Å²) in [6.45, 7) is 0.189. The number of thiocarbonyl (C=S) groups is 1. The van der Waals surface area contributed by atoms with Crippen molar-refractivity contribution in [3.63, 3.8) is 0 Å². The van der Waals surface area contributed by atoms with Crippen molar-refractivity contribution in [2.75, 3.05) is 33.2 Å². The molecule has 0 bridgehead atoms. The summed E-state index contributed by atoms with van der Waals surface area (Å²) in [7, 11) is 4.65. The highest BCUT2D eigenvalue weighted by molar-refractivity contribution is 8.26. The molecule has 1 aliphatic rings. The first-order valence-electron chi connectivity index (χ1n) is 9.37. The lowest BCUT2D eigenvalue weighted by Gasteiger charge is -2.15. The van der Waals surface area contributed by atoms with E-state index in [-0.39, 0.29) is 24.8 Å². The average Bonchev–Trinajstić information content (AvgIpc) is 3.04. The van der Waals surface area contributed by atoms with E-state index in [9.17, 15) is 9.59 Å². The van der Waals surface area contributed by atoms with Crippen molar-refractivity contribution in [2.45, 2.75) is 6.42 Å². The van der Waals surface area contributed by atoms with E-state index < -0.39 is 0 Å². The quantitative estimate of drug-likeness (QED) is 0.474. The molecule has 1 N–H and O–H groups in total. The lowest BCUT2D eigenvalue weighted by atomic mass is 10.2. The second-order valence-electron chi connectivity index (χ2n) is 6.45. The molecule has 0 unspecified atom stereocenters. The fraction of sp³-hybridized carbons (Fsp3) is 0.227. The molecular weight excluding hydrogens is 436 g/mol. The zero-order valence-corrected chi connectivity index (χ0v) is 19.0. The number of nitrogens with zero attached hydrogens (tertiary/aromatic N) is 1. The smallest absolute Gasteiger partial charge is 0.266 e. The minimum atomic E-state index is -0.234. The number of hydrogen-bond donors (Lipinski definition) is 1. The normalized spacial score (nSPS) is 14.7. The monoisotopic (exact) mass is 458 g/mol. The molecule has 0 atom stereocenters. The molecule has 1 aliphatic heterocycles. The van der Waals surface area contributed by atoms with Crippen LogP contribution in [0.4, 0.5) is 5.69 Å². The number of thioether (sulfide) groups is 1. The first kappa shape index (κ1) is 22.6. The van der Waals surface area contributed by atoms with Gasteiger partial charge in [-0.05, 0) is 35.9 Å². The number of carbonyl (C=O) groups is 2. The third-order valence-corrected chi connectivity index (χ3v) is 5.90. The van der Waals surface area contributed by atoms with Gasteiger partial charge in [-0.2, -0.15) is 0 Å². The van der Waals surface area contributed by atoms with Crippen LogP contribution in [0.2, 0.25) is 0 Å². The molecule has 0 radical (unpaired) electrons. The summed E-state index contributed by atoms with van der Waals surface area (Å²) in [5.41, 5.74) is 1.36. The van der Waals surface area contributed by atoms with Crippen LogP contribution >= 0.6 is 24.0 Å². The Hall–Kier alpha value is -3.04. The molecule has 9 heteroatoms. The lowest BCUT2D eigenvalue weighted by Crippen LogP contribution is -2.31. The first-order valence-corrected chi connectivity index (χ1v) is 10.6. The molecule has 1 fully saturated rings. The van der Waals surface area contributed by atoms with Gasteiger partial charge in [-0.15, -0.1) is 0 Å². The Labute approximate surface area is 190 Å². The van der Waals surface area contributed by atoms with Crippen molar-refractivity contribution in [3.8, 4) is 17.2 Å². The van der Waals surface area contributed by atoms with Gasteiger partial charge in [-0.3, -0.25) is 14.5 Å². The molecule has 3 rings (SSSR count). The third kappa shape index (κ3) is 5.36. The van der Waals surface area contributed by atoms with Crippen LogP contribution in [-0.2, 0) is 9.59 Å². The number of rotatable bonds is 8. The van der Waals surface area contributed by atoms with Crippen LogP contribution in [0.1, 0.15) is 12.0 Å². The van der Waals surface area contributed by atoms with E-state index in [4.69, 9.17) is 26.4 Å². The molecule has 162 valence electrons. The summed E-state index contributed by atoms with van der Waals surface area (Å²) < 4.78 is 16.2. The predicted molar refractivity (Wildman–Crippen MR) is 126 cm³/mol. The SMILES string of the molecule is COc1ccccc1NC(=O)CCN1C(=O)/C(=C/c2ccc(OC)c(OC)c2)SC1=S. The van der Waals surface area contributed by atoms with Gasteiger partial charge in [0.05, 0.1) is 31.9 Å². The molecule has 0 spiro atoms. The van der Waals surface area contributed by atoms with E-state index in [1.54, 1.807) is 50.6 Å². The highest BCUT2D eigenvalue weighted by Crippen LogP contribution is 2.34. The Morgan fingerprint density at radius 2 is 1.77 bits per heavy atom. The van der Waals surface area contributed by atoms with Crippen LogP contribution < -0.4 is 19.5 Å². The maximum atomic E-state index is 12.8. The number of benzene rings is 2. The van der Waals surface area contributed by atoms with Gasteiger partial charge in [0.25, 0.3) is 5.91 Å². The first-order chi connectivity index (χ1) is 15.0. The minimum absolute atomic E-state index is 0.105. The van der Waals surface area contributed by atoms with Crippen molar-refractivity contribution in [2.24, 2.45) is 0 Å². The second kappa shape index (κ2) is 10.3. The standard InChI is InChI=1S/C22H22N2O5S2/c1-27-16-7-5-4-6-15(16)23-20(25)10-11-24-21(26)19(31-22(24)30)13-14-8-9-17(28-2)18(12-14)29-3/h4-9,12-13H,10-11H2,1-3H3,(H,23,25)/b19-13-. The number of nitrogens with one attached hydrogen (secondary N) is 1. The Kier molecular flexibility index (Phi) is 7.54. The Balaban J connectivity index is 1.65. The van der Waals surface area contributed by atoms with Gasteiger partial charge in [0.1, 0.15) is 10.1 Å². The maximum absolute atomic E-state index is 12.8. The Bertz CT molecular complexity index is 1040. The summed E-state index contributed by atoms with van der Waals surface area (Å²) in [5.74, 6) is 1.28. The number of anilines is 1. The molecule has 2 amide bonds. The van der Waals surface area contributed by atoms with Crippen molar-refractivity contribution in [1.29, 1.82) is 0 Å². The number of methoxy groups -OCH3 is 3. The van der Waals surface area contributed by atoms with Crippen LogP contribution in [0, 0.1) is 0 Å². The van der Waals surface area contributed by atoms with Gasteiger partial charge in [-0.25, -0.2) is 0 Å². The van der Waals surface area contributed by atoms with Gasteiger partial charge in [-0.1, -0.05) is 42.2 Å². The zero-order valence-electron chi connectivity index (χ0n) is 17.3. The Morgan fingerprint density at radius 3 is 2.48 bits per heavy atom. The van der Waals surface area contributed by atoms with E-state index in [2.05, 4.69) is 5.32 Å². The van der Waals surface area contributed by atoms with Crippen molar-refractivity contribution >= 4 is 51.9 Å². The molecule has 2 aromatic carbocycles. The number of para-hydroxylation sites is 2. The summed E-state index contributed by atoms with van der Waals surface area (Å²) in [5, 5.41) is 2.80. The van der Waals surface area contributed by atoms with Gasteiger partial charge < -0.3 is 19.5 Å². The molecule has 1 saturated heterocycles. The van der Waals surface area contributed by atoms with E-state index >= 15 is 0 Å². The summed E-state index contributed by atoms with van der Waals surface area (Å²) in [6.07, 6.45) is 1.85. The van der Waals surface area contributed by atoms with Crippen LogP contribution in [0.25, 0.3) is 6.08 Å². The summed E-state index contributed by atoms with van der Waals surface area (Å²) >= 11 is 6.56. The molecule has 31 heavy (non-hydrogen) atoms. The largest absolute Gasteiger partial charge is 0.495 e. The van der Waals surface area contributed by atoms with Gasteiger partial charge in [0.2, 0.25) is 5.91 Å². The zero-order chi connectivity index (χ0) is 22.4. The molecule has 1 heterocycles. The number of carbonyl (C=O) groups excluding carboxylic acids is 2. The molecule has 0 aliphatic carbocycles. The molecule has 2 aromatic rings. The van der Waals surface area contributed by atoms with Crippen molar-refractivity contribution in [1.82, 2.24) is 4.90 Å². The predicted octanol–water partition coefficient (Wildman–Crippen LogP) is 3.94. The highest BCUT2D eigenvalue weighted by Gasteiger charge is 2.32. The van der Waals surface area contributed by atoms with Gasteiger partial charge in [0.15, 0.2) is 11.5 Å². The van der Waals surface area contributed by atoms with E-state index in [0.717, 1.165) is 5.56 Å². The number of ether oxygens (including phenoxy) is 3. The van der Waals surface area contributed by atoms with Crippen LogP contribution in [0.5, 0.6) is 17.2 Å². The van der Waals surface area contributed by atoms with Crippen LogP contribution in [-0.4, -0.2) is 48.9 Å². The van der Waals surface area contributed by atoms with E-state index in [1.165, 1.54) is 23.8 Å². The topological polar surface area (TPSA) is 77.1 Å².